The maximum Gasteiger partial charge on any atom is 0.348 e. The molecule has 4 bridgehead atoms. The SMILES string of the molecule is COC(=O)C12OCC34C(CC5C(C)=C(OC(=O)CCC(=O)OC6=C(C)C7CC8OC(=O)C(OC(=O)C=C(C)C)C9C%10(C(=O)OC)OCC89C(C(O)C%10O)C7(C)CC6=O)C(=O)CC5(C)C3C(O)C1O)OC(=O)C(OC(=O)C=C(C)C)C24. The Morgan fingerprint density at radius 2 is 0.925 bits per heavy atom. The molecule has 2 spiro atoms. The highest BCUT2D eigenvalue weighted by atomic mass is 16.6. The third-order valence-electron chi connectivity index (χ3n) is 19.9. The van der Waals surface area contributed by atoms with E-state index in [0.29, 0.717) is 11.1 Å². The molecule has 4 N–H and O–H groups in total. The molecule has 4 heterocycles. The fourth-order valence-corrected chi connectivity index (χ4v) is 17.3. The summed E-state index contributed by atoms with van der Waals surface area (Å²) in [6.45, 7) is 12.2. The van der Waals surface area contributed by atoms with Gasteiger partial charge in [0.1, 0.15) is 24.4 Å². The topological polar surface area (TPSA) is 344 Å². The number of carbonyl (C=O) groups is 10. The van der Waals surface area contributed by atoms with Gasteiger partial charge in [0.2, 0.25) is 23.4 Å². The van der Waals surface area contributed by atoms with E-state index in [1.165, 1.54) is 13.8 Å². The fourth-order valence-electron chi connectivity index (χ4n) is 17.3. The number of ketones is 2. The first-order chi connectivity index (χ1) is 37.5. The predicted octanol–water partition coefficient (Wildman–Crippen LogP) is 0.798. The Kier molecular flexibility index (Phi) is 13.7. The van der Waals surface area contributed by atoms with E-state index in [4.69, 9.17) is 47.4 Å². The Morgan fingerprint density at radius 1 is 0.575 bits per heavy atom. The van der Waals surface area contributed by atoms with Crippen LogP contribution in [0.4, 0.5) is 0 Å². The largest absolute Gasteiger partial charge is 0.467 e. The summed E-state index contributed by atoms with van der Waals surface area (Å²) in [5.74, 6) is -17.2. The number of hydrogen-bond donors (Lipinski definition) is 4. The van der Waals surface area contributed by atoms with E-state index in [0.717, 1.165) is 26.4 Å². The second-order valence-corrected chi connectivity index (χ2v) is 24.4. The number of ether oxygens (including phenoxy) is 10. The number of Topliss-reactive ketones (excluding diaryl/α,β-unsaturated/α-hetero) is 2. The number of methoxy groups -OCH3 is 2. The second-order valence-electron chi connectivity index (χ2n) is 24.4. The zero-order valence-corrected chi connectivity index (χ0v) is 45.8. The van der Waals surface area contributed by atoms with Crippen molar-refractivity contribution in [3.8, 4) is 0 Å². The van der Waals surface area contributed by atoms with Gasteiger partial charge in [0, 0.05) is 47.7 Å². The summed E-state index contributed by atoms with van der Waals surface area (Å²) in [7, 11) is 2.07. The van der Waals surface area contributed by atoms with Crippen LogP contribution in [-0.2, 0) is 95.3 Å². The van der Waals surface area contributed by atoms with Crippen molar-refractivity contribution in [3.63, 3.8) is 0 Å². The quantitative estimate of drug-likeness (QED) is 0.126. The van der Waals surface area contributed by atoms with Crippen LogP contribution in [0.25, 0.3) is 0 Å². The minimum atomic E-state index is -2.39. The van der Waals surface area contributed by atoms with Crippen LogP contribution < -0.4 is 0 Å². The Bertz CT molecular complexity index is 2750. The molecular formula is C56H66O24. The van der Waals surface area contributed by atoms with Crippen molar-refractivity contribution in [3.05, 3.63) is 46.0 Å². The molecule has 0 aromatic rings. The first-order valence-corrected chi connectivity index (χ1v) is 26.7. The van der Waals surface area contributed by atoms with Crippen LogP contribution >= 0.6 is 0 Å². The van der Waals surface area contributed by atoms with Crippen LogP contribution in [0.15, 0.2) is 46.0 Å². The Labute approximate surface area is 458 Å². The number of rotatable bonds is 11. The standard InChI is InChI=1S/C56H66O24/c1-21(2)13-33(61)79-39-43-53-19-73-55(43,49(69)71-9)45(65)35(63)41(53)51(7)17-27(57)37(23(5)25(51)15-29(53)75-47(39)67)77-31(59)11-12-32(60)78-38-24(6)26-16-30-54-20-74-56(50(70)72-10,46(66)36(64)42(54)52(26,8)18-28(38)58)44(54)40(48(68)76-30)80-34(62)14-22(3)4/h13-14,25-26,29-30,35-36,39-46,63-66H,11-12,15-20H2,1-10H3. The van der Waals surface area contributed by atoms with Crippen LogP contribution in [0.1, 0.15) is 93.9 Å². The first-order valence-electron chi connectivity index (χ1n) is 26.7. The van der Waals surface area contributed by atoms with Gasteiger partial charge in [0.25, 0.3) is 0 Å². The zero-order valence-electron chi connectivity index (χ0n) is 45.8. The number of aliphatic hydroxyl groups is 4. The van der Waals surface area contributed by atoms with Gasteiger partial charge in [-0.15, -0.1) is 0 Å². The van der Waals surface area contributed by atoms with Gasteiger partial charge in [0.05, 0.1) is 64.3 Å². The van der Waals surface area contributed by atoms with Gasteiger partial charge >= 0.3 is 47.8 Å². The second kappa shape index (κ2) is 19.2. The molecule has 0 radical (unpaired) electrons. The predicted molar refractivity (Wildman–Crippen MR) is 261 cm³/mol. The Balaban J connectivity index is 0.877. The van der Waals surface area contributed by atoms with Crippen LogP contribution in [0, 0.1) is 57.2 Å². The van der Waals surface area contributed by atoms with Crippen molar-refractivity contribution in [2.75, 3.05) is 27.4 Å². The highest BCUT2D eigenvalue weighted by Gasteiger charge is 2.87. The molecule has 10 rings (SSSR count). The highest BCUT2D eigenvalue weighted by Crippen LogP contribution is 2.75. The number of allylic oxidation sites excluding steroid dienone is 6. The lowest BCUT2D eigenvalue weighted by molar-refractivity contribution is -0.290. The lowest BCUT2D eigenvalue weighted by atomic mass is 9.38. The molecule has 0 aromatic heterocycles. The molecule has 4 aliphatic heterocycles. The van der Waals surface area contributed by atoms with Crippen molar-refractivity contribution in [2.24, 2.45) is 57.2 Å². The van der Waals surface area contributed by atoms with Crippen LogP contribution in [-0.4, -0.2) is 167 Å². The third kappa shape index (κ3) is 7.52. The molecule has 24 nitrogen and oxygen atoms in total. The normalized spacial score (nSPS) is 43.4. The smallest absolute Gasteiger partial charge is 0.348 e. The minimum Gasteiger partial charge on any atom is -0.467 e. The molecule has 6 aliphatic carbocycles. The monoisotopic (exact) mass is 1120 g/mol. The molecule has 0 amide bonds. The minimum absolute atomic E-state index is 0.0536. The molecule has 8 fully saturated rings. The highest BCUT2D eigenvalue weighted by molar-refractivity contribution is 6.00. The average molecular weight is 1120 g/mol. The summed E-state index contributed by atoms with van der Waals surface area (Å²) in [4.78, 5) is 138. The van der Waals surface area contributed by atoms with E-state index in [9.17, 15) is 68.4 Å². The van der Waals surface area contributed by atoms with Crippen LogP contribution in [0.3, 0.4) is 0 Å². The van der Waals surface area contributed by atoms with Crippen molar-refractivity contribution >= 4 is 59.3 Å². The molecule has 4 saturated heterocycles. The van der Waals surface area contributed by atoms with Gasteiger partial charge in [-0.2, -0.15) is 0 Å². The van der Waals surface area contributed by atoms with E-state index < -0.39 is 202 Å². The zero-order chi connectivity index (χ0) is 58.5. The molecule has 434 valence electrons. The number of esters is 8. The summed E-state index contributed by atoms with van der Waals surface area (Å²) in [6, 6.07) is 0. The molecular weight excluding hydrogens is 1060 g/mol. The van der Waals surface area contributed by atoms with E-state index in [2.05, 4.69) is 0 Å². The third-order valence-corrected chi connectivity index (χ3v) is 19.9. The average Bonchev–Trinajstić information content (AvgIpc) is 2.65. The van der Waals surface area contributed by atoms with E-state index in [1.807, 2.05) is 0 Å². The fraction of sp³-hybridized carbons (Fsp3) is 0.679. The van der Waals surface area contributed by atoms with Crippen molar-refractivity contribution in [1.29, 1.82) is 0 Å². The summed E-state index contributed by atoms with van der Waals surface area (Å²) >= 11 is 0. The van der Waals surface area contributed by atoms with Gasteiger partial charge in [-0.1, -0.05) is 25.0 Å². The molecule has 0 aromatic carbocycles. The summed E-state index contributed by atoms with van der Waals surface area (Å²) < 4.78 is 57.4. The number of fused-ring (bicyclic) bond motifs is 4. The summed E-state index contributed by atoms with van der Waals surface area (Å²) in [5.41, 5.74) is -8.93. The summed E-state index contributed by atoms with van der Waals surface area (Å²) in [6.07, 6.45) is -13.6. The van der Waals surface area contributed by atoms with E-state index in [1.54, 1.807) is 41.5 Å². The molecule has 24 heteroatoms. The number of aliphatic hydroxyl groups excluding tert-OH is 4. The lowest BCUT2D eigenvalue weighted by Gasteiger charge is -2.67. The molecule has 10 aliphatic rings. The van der Waals surface area contributed by atoms with Crippen molar-refractivity contribution in [2.45, 2.75) is 154 Å². The Hall–Kier alpha value is -6.18. The molecule has 80 heavy (non-hydrogen) atoms. The first kappa shape index (κ1) is 57.1. The van der Waals surface area contributed by atoms with E-state index in [-0.39, 0.29) is 48.7 Å². The van der Waals surface area contributed by atoms with Gasteiger partial charge in [-0.05, 0) is 88.2 Å². The van der Waals surface area contributed by atoms with Crippen LogP contribution in [0.5, 0.6) is 0 Å². The van der Waals surface area contributed by atoms with E-state index >= 15 is 0 Å². The van der Waals surface area contributed by atoms with Crippen LogP contribution in [0.2, 0.25) is 0 Å². The maximum absolute atomic E-state index is 14.3. The van der Waals surface area contributed by atoms with Crippen molar-refractivity contribution < 1.29 is 116 Å². The molecule has 20 atom stereocenters. The molecule has 20 unspecified atom stereocenters. The Morgan fingerprint density at radius 3 is 1.25 bits per heavy atom. The number of hydrogen-bond acceptors (Lipinski definition) is 24. The lowest BCUT2D eigenvalue weighted by Crippen LogP contribution is -2.79. The van der Waals surface area contributed by atoms with Gasteiger partial charge < -0.3 is 67.8 Å². The van der Waals surface area contributed by atoms with Gasteiger partial charge in [-0.25, -0.2) is 28.8 Å². The number of carbonyl (C=O) groups excluding carboxylic acids is 10. The van der Waals surface area contributed by atoms with Gasteiger partial charge in [0.15, 0.2) is 23.1 Å². The van der Waals surface area contributed by atoms with Gasteiger partial charge in [-0.3, -0.25) is 19.2 Å². The summed E-state index contributed by atoms with van der Waals surface area (Å²) in [5, 5.41) is 48.3. The molecule has 4 saturated carbocycles. The van der Waals surface area contributed by atoms with Crippen molar-refractivity contribution in [1.82, 2.24) is 0 Å². The maximum atomic E-state index is 14.3.